The maximum absolute atomic E-state index is 8.71. The molecule has 1 aromatic rings. The Morgan fingerprint density at radius 3 is 2.92 bits per heavy atom. The molecule has 1 rings (SSSR count). The molecule has 0 amide bonds. The lowest BCUT2D eigenvalue weighted by Crippen LogP contribution is -2.06. The van der Waals surface area contributed by atoms with Crippen molar-refractivity contribution in [3.63, 3.8) is 0 Å². The van der Waals surface area contributed by atoms with Gasteiger partial charge < -0.3 is 4.74 Å². The molecule has 1 aromatic heterocycles. The SMILES string of the molecule is CCCn1nnc(C#N)c1COC. The van der Waals surface area contributed by atoms with Gasteiger partial charge >= 0.3 is 0 Å². The highest BCUT2D eigenvalue weighted by atomic mass is 16.5. The van der Waals surface area contributed by atoms with Crippen LogP contribution in [-0.4, -0.2) is 22.1 Å². The number of hydrogen-bond acceptors (Lipinski definition) is 4. The number of nitrogens with zero attached hydrogens (tertiary/aromatic N) is 4. The molecule has 0 saturated carbocycles. The van der Waals surface area contributed by atoms with Crippen molar-refractivity contribution in [2.24, 2.45) is 0 Å². The molecule has 0 spiro atoms. The van der Waals surface area contributed by atoms with Crippen LogP contribution < -0.4 is 0 Å². The van der Waals surface area contributed by atoms with Crippen molar-refractivity contribution in [1.29, 1.82) is 5.26 Å². The molecule has 0 N–H and O–H groups in total. The number of ether oxygens (including phenoxy) is 1. The van der Waals surface area contributed by atoms with E-state index in [1.54, 1.807) is 11.8 Å². The van der Waals surface area contributed by atoms with Crippen molar-refractivity contribution in [1.82, 2.24) is 15.0 Å². The maximum Gasteiger partial charge on any atom is 0.188 e. The highest BCUT2D eigenvalue weighted by molar-refractivity contribution is 5.23. The van der Waals surface area contributed by atoms with Crippen LogP contribution in [0.1, 0.15) is 24.7 Å². The van der Waals surface area contributed by atoms with Crippen LogP contribution in [0.25, 0.3) is 0 Å². The van der Waals surface area contributed by atoms with Gasteiger partial charge in [-0.25, -0.2) is 4.68 Å². The van der Waals surface area contributed by atoms with Crippen LogP contribution in [0, 0.1) is 11.3 Å². The molecule has 0 atom stereocenters. The second-order valence-corrected chi connectivity index (χ2v) is 2.65. The zero-order valence-electron chi connectivity index (χ0n) is 7.82. The quantitative estimate of drug-likeness (QED) is 0.684. The van der Waals surface area contributed by atoms with Gasteiger partial charge in [0.1, 0.15) is 11.8 Å². The van der Waals surface area contributed by atoms with E-state index in [1.807, 2.05) is 13.0 Å². The molecular weight excluding hydrogens is 168 g/mol. The first-order chi connectivity index (χ1) is 6.33. The molecule has 1 heterocycles. The molecule has 0 unspecified atom stereocenters. The molecule has 0 aliphatic rings. The molecule has 0 aliphatic heterocycles. The number of aryl methyl sites for hydroxylation is 1. The Labute approximate surface area is 76.9 Å². The molecule has 5 heteroatoms. The van der Waals surface area contributed by atoms with Gasteiger partial charge in [0.15, 0.2) is 5.69 Å². The minimum atomic E-state index is 0.357. The molecule has 70 valence electrons. The van der Waals surface area contributed by atoms with Crippen molar-refractivity contribution >= 4 is 0 Å². The largest absolute Gasteiger partial charge is 0.378 e. The minimum Gasteiger partial charge on any atom is -0.378 e. The first kappa shape index (κ1) is 9.68. The van der Waals surface area contributed by atoms with Crippen LogP contribution in [0.2, 0.25) is 0 Å². The molecular formula is C8H12N4O. The highest BCUT2D eigenvalue weighted by Gasteiger charge is 2.10. The predicted molar refractivity (Wildman–Crippen MR) is 45.7 cm³/mol. The fourth-order valence-corrected chi connectivity index (χ4v) is 1.09. The van der Waals surface area contributed by atoms with E-state index in [0.717, 1.165) is 18.7 Å². The second kappa shape index (κ2) is 4.58. The van der Waals surface area contributed by atoms with Gasteiger partial charge in [0, 0.05) is 13.7 Å². The van der Waals surface area contributed by atoms with Crippen LogP contribution in [-0.2, 0) is 17.9 Å². The average Bonchev–Trinajstić information content (AvgIpc) is 2.50. The Balaban J connectivity index is 2.93. The van der Waals surface area contributed by atoms with Gasteiger partial charge in [-0.05, 0) is 6.42 Å². The predicted octanol–water partition coefficient (Wildman–Crippen LogP) is 0.706. The Morgan fingerprint density at radius 1 is 1.62 bits per heavy atom. The molecule has 0 fully saturated rings. The molecule has 13 heavy (non-hydrogen) atoms. The van der Waals surface area contributed by atoms with Gasteiger partial charge in [-0.2, -0.15) is 5.26 Å². The summed E-state index contributed by atoms with van der Waals surface area (Å²) < 4.78 is 6.67. The zero-order chi connectivity index (χ0) is 9.68. The number of methoxy groups -OCH3 is 1. The molecule has 5 nitrogen and oxygen atoms in total. The normalized spacial score (nSPS) is 9.92. The van der Waals surface area contributed by atoms with Gasteiger partial charge in [0.25, 0.3) is 0 Å². The van der Waals surface area contributed by atoms with E-state index in [0.29, 0.717) is 12.3 Å². The first-order valence-electron chi connectivity index (χ1n) is 4.14. The summed E-state index contributed by atoms with van der Waals surface area (Å²) in [6, 6.07) is 1.98. The Hall–Kier alpha value is -1.41. The van der Waals surface area contributed by atoms with E-state index in [-0.39, 0.29) is 0 Å². The van der Waals surface area contributed by atoms with E-state index in [2.05, 4.69) is 10.3 Å². The molecule has 0 aliphatic carbocycles. The van der Waals surface area contributed by atoms with E-state index in [4.69, 9.17) is 10.00 Å². The third-order valence-electron chi connectivity index (χ3n) is 1.66. The van der Waals surface area contributed by atoms with Crippen molar-refractivity contribution in [2.75, 3.05) is 7.11 Å². The van der Waals surface area contributed by atoms with Gasteiger partial charge in [-0.3, -0.25) is 0 Å². The summed E-state index contributed by atoms with van der Waals surface area (Å²) in [4.78, 5) is 0. The van der Waals surface area contributed by atoms with Crippen molar-refractivity contribution < 1.29 is 4.74 Å². The number of aromatic nitrogens is 3. The van der Waals surface area contributed by atoms with Crippen LogP contribution >= 0.6 is 0 Å². The highest BCUT2D eigenvalue weighted by Crippen LogP contribution is 2.05. The molecule has 0 aromatic carbocycles. The first-order valence-corrected chi connectivity index (χ1v) is 4.14. The topological polar surface area (TPSA) is 63.7 Å². The summed E-state index contributed by atoms with van der Waals surface area (Å²) in [5.74, 6) is 0. The van der Waals surface area contributed by atoms with Gasteiger partial charge in [-0.15, -0.1) is 5.10 Å². The lowest BCUT2D eigenvalue weighted by molar-refractivity contribution is 0.176. The Kier molecular flexibility index (Phi) is 3.41. The lowest BCUT2D eigenvalue weighted by atomic mass is 10.3. The lowest BCUT2D eigenvalue weighted by Gasteiger charge is -2.02. The number of hydrogen-bond donors (Lipinski definition) is 0. The van der Waals surface area contributed by atoms with Crippen LogP contribution in [0.15, 0.2) is 0 Å². The third kappa shape index (κ3) is 2.04. The second-order valence-electron chi connectivity index (χ2n) is 2.65. The van der Waals surface area contributed by atoms with Gasteiger partial charge in [-0.1, -0.05) is 12.1 Å². The molecule has 0 radical (unpaired) electrons. The van der Waals surface area contributed by atoms with E-state index in [9.17, 15) is 0 Å². The fourth-order valence-electron chi connectivity index (χ4n) is 1.09. The van der Waals surface area contributed by atoms with Crippen molar-refractivity contribution in [2.45, 2.75) is 26.5 Å². The average molecular weight is 180 g/mol. The van der Waals surface area contributed by atoms with Crippen LogP contribution in [0.4, 0.5) is 0 Å². The van der Waals surface area contributed by atoms with Gasteiger partial charge in [0.05, 0.1) is 6.61 Å². The molecule has 0 saturated heterocycles. The summed E-state index contributed by atoms with van der Waals surface area (Å²) in [5.41, 5.74) is 1.11. The summed E-state index contributed by atoms with van der Waals surface area (Å²) in [7, 11) is 1.59. The third-order valence-corrected chi connectivity index (χ3v) is 1.66. The number of rotatable bonds is 4. The Bertz CT molecular complexity index is 312. The standard InChI is InChI=1S/C8H12N4O/c1-3-4-12-8(6-13-2)7(5-9)10-11-12/h3-4,6H2,1-2H3. The van der Waals surface area contributed by atoms with Crippen LogP contribution in [0.5, 0.6) is 0 Å². The monoisotopic (exact) mass is 180 g/mol. The van der Waals surface area contributed by atoms with Crippen LogP contribution in [0.3, 0.4) is 0 Å². The van der Waals surface area contributed by atoms with Crippen molar-refractivity contribution in [3.05, 3.63) is 11.4 Å². The Morgan fingerprint density at radius 2 is 2.38 bits per heavy atom. The van der Waals surface area contributed by atoms with Crippen molar-refractivity contribution in [3.8, 4) is 6.07 Å². The van der Waals surface area contributed by atoms with E-state index < -0.39 is 0 Å². The smallest absolute Gasteiger partial charge is 0.188 e. The fraction of sp³-hybridized carbons (Fsp3) is 0.625. The number of nitriles is 1. The van der Waals surface area contributed by atoms with Gasteiger partial charge in [0.2, 0.25) is 0 Å². The maximum atomic E-state index is 8.71. The summed E-state index contributed by atoms with van der Waals surface area (Å²) in [6.45, 7) is 3.20. The molecule has 0 bridgehead atoms. The minimum absolute atomic E-state index is 0.357. The summed E-state index contributed by atoms with van der Waals surface area (Å²) in [6.07, 6.45) is 0.963. The van der Waals surface area contributed by atoms with E-state index >= 15 is 0 Å². The zero-order valence-corrected chi connectivity index (χ0v) is 7.82. The van der Waals surface area contributed by atoms with E-state index in [1.165, 1.54) is 0 Å². The summed E-state index contributed by atoms with van der Waals surface area (Å²) >= 11 is 0. The summed E-state index contributed by atoms with van der Waals surface area (Å²) in [5, 5.41) is 16.3.